The van der Waals surface area contributed by atoms with Crippen molar-refractivity contribution < 1.29 is 14.4 Å². The molecule has 0 bridgehead atoms. The number of hydrogen-bond donors (Lipinski definition) is 2. The van der Waals surface area contributed by atoms with E-state index in [9.17, 15) is 4.57 Å². The van der Waals surface area contributed by atoms with E-state index >= 15 is 0 Å². The molecule has 56 valence electrons. The molecule has 0 amide bonds. The smallest absolute Gasteiger partial charge is 0.324 e. The van der Waals surface area contributed by atoms with Crippen LogP contribution in [0.2, 0.25) is 0 Å². The van der Waals surface area contributed by atoms with E-state index in [2.05, 4.69) is 31.9 Å². The second kappa shape index (κ2) is 4.09. The van der Waals surface area contributed by atoms with Gasteiger partial charge in [0.1, 0.15) is 0 Å². The molecule has 0 aromatic heterocycles. The van der Waals surface area contributed by atoms with Crippen LogP contribution >= 0.6 is 39.5 Å². The molecular weight excluding hydrogens is 275 g/mol. The quantitative estimate of drug-likeness (QED) is 0.611. The highest BCUT2D eigenvalue weighted by Crippen LogP contribution is 2.36. The Morgan fingerprint density at radius 2 is 1.89 bits per heavy atom. The van der Waals surface area contributed by atoms with Gasteiger partial charge in [-0.1, -0.05) is 31.9 Å². The molecular formula is C3H7Br2O3P. The third-order valence-corrected chi connectivity index (χ3v) is 2.40. The van der Waals surface area contributed by atoms with Gasteiger partial charge in [0.15, 0.2) is 0 Å². The van der Waals surface area contributed by atoms with E-state index in [0.29, 0.717) is 6.42 Å². The van der Waals surface area contributed by atoms with Gasteiger partial charge in [-0.25, -0.2) is 0 Å². The van der Waals surface area contributed by atoms with Crippen molar-refractivity contribution in [3.8, 4) is 0 Å². The summed E-state index contributed by atoms with van der Waals surface area (Å²) in [6, 6.07) is 0. The molecule has 0 fully saturated rings. The monoisotopic (exact) mass is 280 g/mol. The van der Waals surface area contributed by atoms with E-state index in [-0.39, 0.29) is 9.90 Å². The molecule has 6 heteroatoms. The summed E-state index contributed by atoms with van der Waals surface area (Å²) in [7, 11) is -3.78. The molecule has 0 aliphatic heterocycles. The summed E-state index contributed by atoms with van der Waals surface area (Å²) >= 11 is 6.20. The molecule has 0 aliphatic carbocycles. The van der Waals surface area contributed by atoms with Crippen LogP contribution in [0.1, 0.15) is 6.42 Å². The summed E-state index contributed by atoms with van der Waals surface area (Å²) in [5, 5.41) is 0. The fourth-order valence-corrected chi connectivity index (χ4v) is 2.03. The first-order chi connectivity index (χ1) is 3.92. The SMILES string of the molecule is O=P(O)(O)CCC(Br)Br. The molecule has 0 radical (unpaired) electrons. The van der Waals surface area contributed by atoms with Crippen LogP contribution in [0.3, 0.4) is 0 Å². The van der Waals surface area contributed by atoms with Crippen LogP contribution in [-0.4, -0.2) is 19.7 Å². The highest BCUT2D eigenvalue weighted by molar-refractivity contribution is 9.24. The molecule has 3 nitrogen and oxygen atoms in total. The summed E-state index contributed by atoms with van der Waals surface area (Å²) in [5.41, 5.74) is 0. The maximum Gasteiger partial charge on any atom is 0.325 e. The van der Waals surface area contributed by atoms with Crippen LogP contribution in [0.5, 0.6) is 0 Å². The molecule has 0 aliphatic rings. The Morgan fingerprint density at radius 1 is 1.44 bits per heavy atom. The van der Waals surface area contributed by atoms with Crippen LogP contribution in [0.4, 0.5) is 0 Å². The molecule has 0 rings (SSSR count). The van der Waals surface area contributed by atoms with Crippen LogP contribution < -0.4 is 0 Å². The van der Waals surface area contributed by atoms with E-state index in [1.165, 1.54) is 0 Å². The first-order valence-corrected chi connectivity index (χ1v) is 5.87. The molecule has 0 aromatic carbocycles. The molecule has 2 N–H and O–H groups in total. The molecule has 0 aromatic rings. The molecule has 0 spiro atoms. The highest BCUT2D eigenvalue weighted by atomic mass is 79.9. The first kappa shape index (κ1) is 10.1. The van der Waals surface area contributed by atoms with E-state index in [1.807, 2.05) is 0 Å². The lowest BCUT2D eigenvalue weighted by Crippen LogP contribution is -1.92. The zero-order chi connectivity index (χ0) is 7.49. The molecule has 0 saturated carbocycles. The average Bonchev–Trinajstić information content (AvgIpc) is 1.59. The lowest BCUT2D eigenvalue weighted by atomic mass is 10.6. The van der Waals surface area contributed by atoms with Crippen LogP contribution in [0, 0.1) is 0 Å². The number of alkyl halides is 2. The second-order valence-electron chi connectivity index (χ2n) is 1.57. The summed E-state index contributed by atoms with van der Waals surface area (Å²) in [6.45, 7) is 0. The van der Waals surface area contributed by atoms with E-state index in [1.54, 1.807) is 0 Å². The zero-order valence-corrected chi connectivity index (χ0v) is 8.56. The third-order valence-electron chi connectivity index (χ3n) is 0.639. The van der Waals surface area contributed by atoms with Gasteiger partial charge in [0.05, 0.1) is 9.90 Å². The summed E-state index contributed by atoms with van der Waals surface area (Å²) < 4.78 is 10.2. The van der Waals surface area contributed by atoms with Crippen molar-refractivity contribution in [2.75, 3.05) is 6.16 Å². The molecule has 9 heavy (non-hydrogen) atoms. The minimum absolute atomic E-state index is 0.00220. The van der Waals surface area contributed by atoms with Crippen LogP contribution in [-0.2, 0) is 4.57 Å². The first-order valence-electron chi connectivity index (χ1n) is 2.24. The maximum atomic E-state index is 10.2. The largest absolute Gasteiger partial charge is 0.325 e. The fraction of sp³-hybridized carbons (Fsp3) is 1.00. The molecule has 0 saturated heterocycles. The molecule has 0 unspecified atom stereocenters. The summed E-state index contributed by atoms with van der Waals surface area (Å²) in [6.07, 6.45) is 0.360. The Bertz CT molecular complexity index is 120. The predicted molar refractivity (Wildman–Crippen MR) is 43.2 cm³/mol. The predicted octanol–water partition coefficient (Wildman–Crippen LogP) is 1.67. The third kappa shape index (κ3) is 9.11. The van der Waals surface area contributed by atoms with Gasteiger partial charge in [0.25, 0.3) is 0 Å². The van der Waals surface area contributed by atoms with Gasteiger partial charge in [-0.15, -0.1) is 0 Å². The normalized spacial score (nSPS) is 12.6. The van der Waals surface area contributed by atoms with Gasteiger partial charge in [-0.05, 0) is 6.42 Å². The lowest BCUT2D eigenvalue weighted by molar-refractivity contribution is 0.372. The molecule has 0 heterocycles. The minimum atomic E-state index is -3.78. The van der Waals surface area contributed by atoms with Crippen molar-refractivity contribution in [2.24, 2.45) is 0 Å². The zero-order valence-electron chi connectivity index (χ0n) is 4.50. The number of hydrogen-bond acceptors (Lipinski definition) is 1. The van der Waals surface area contributed by atoms with Gasteiger partial charge in [-0.3, -0.25) is 4.57 Å². The average molecular weight is 282 g/mol. The topological polar surface area (TPSA) is 57.5 Å². The van der Waals surface area contributed by atoms with Gasteiger partial charge >= 0.3 is 7.60 Å². The highest BCUT2D eigenvalue weighted by Gasteiger charge is 2.13. The van der Waals surface area contributed by atoms with Crippen molar-refractivity contribution in [3.05, 3.63) is 0 Å². The summed E-state index contributed by atoms with van der Waals surface area (Å²) in [5.74, 6) is 0. The van der Waals surface area contributed by atoms with Gasteiger partial charge in [0, 0.05) is 0 Å². The van der Waals surface area contributed by atoms with E-state index < -0.39 is 7.60 Å². The Hall–Kier alpha value is 1.11. The van der Waals surface area contributed by atoms with Crippen LogP contribution in [0.15, 0.2) is 0 Å². The van der Waals surface area contributed by atoms with Gasteiger partial charge < -0.3 is 9.79 Å². The van der Waals surface area contributed by atoms with Gasteiger partial charge in [-0.2, -0.15) is 0 Å². The Kier molecular flexibility index (Phi) is 4.59. The van der Waals surface area contributed by atoms with Gasteiger partial charge in [0.2, 0.25) is 0 Å². The Balaban J connectivity index is 3.40. The van der Waals surface area contributed by atoms with Crippen molar-refractivity contribution in [2.45, 2.75) is 10.2 Å². The van der Waals surface area contributed by atoms with Crippen molar-refractivity contribution in [1.82, 2.24) is 0 Å². The maximum absolute atomic E-state index is 10.2. The van der Waals surface area contributed by atoms with E-state index in [0.717, 1.165) is 0 Å². The summed E-state index contributed by atoms with van der Waals surface area (Å²) in [4.78, 5) is 16.7. The fourth-order valence-electron chi connectivity index (χ4n) is 0.266. The molecule has 0 atom stereocenters. The van der Waals surface area contributed by atoms with Crippen LogP contribution in [0.25, 0.3) is 0 Å². The Morgan fingerprint density at radius 3 is 2.00 bits per heavy atom. The van der Waals surface area contributed by atoms with Crippen molar-refractivity contribution >= 4 is 39.5 Å². The lowest BCUT2D eigenvalue weighted by Gasteiger charge is -2.02. The van der Waals surface area contributed by atoms with E-state index in [4.69, 9.17) is 9.79 Å². The number of halogens is 2. The standard InChI is InChI=1S/C3H7Br2O3P/c4-3(5)1-2-9(6,7)8/h3H,1-2H2,(H2,6,7,8). The van der Waals surface area contributed by atoms with Crippen molar-refractivity contribution in [1.29, 1.82) is 0 Å². The number of rotatable bonds is 3. The second-order valence-corrected chi connectivity index (χ2v) is 6.78. The van der Waals surface area contributed by atoms with Crippen molar-refractivity contribution in [3.63, 3.8) is 0 Å². The Labute approximate surface area is 70.3 Å². The minimum Gasteiger partial charge on any atom is -0.324 e.